The van der Waals surface area contributed by atoms with Crippen molar-refractivity contribution in [3.63, 3.8) is 0 Å². The first-order valence-electron chi connectivity index (χ1n) is 8.41. The Morgan fingerprint density at radius 3 is 2.85 bits per heavy atom. The second kappa shape index (κ2) is 5.98. The lowest BCUT2D eigenvalue weighted by molar-refractivity contribution is 0.101. The van der Waals surface area contributed by atoms with E-state index in [1.807, 2.05) is 0 Å². The molecular formula is C18H15FN4O2S. The summed E-state index contributed by atoms with van der Waals surface area (Å²) in [5, 5.41) is 11.4. The second-order valence-corrected chi connectivity index (χ2v) is 7.48. The van der Waals surface area contributed by atoms with Crippen LogP contribution in [0, 0.1) is 5.82 Å². The first-order chi connectivity index (χ1) is 12.7. The fraction of sp³-hybridized carbons (Fsp3) is 0.278. The molecule has 1 fully saturated rings. The van der Waals surface area contributed by atoms with E-state index in [1.54, 1.807) is 34.6 Å². The third-order valence-electron chi connectivity index (χ3n) is 4.60. The highest BCUT2D eigenvalue weighted by Gasteiger charge is 2.30. The van der Waals surface area contributed by atoms with E-state index in [2.05, 4.69) is 15.6 Å². The SMILES string of the molecule is O=C(Nc1c2c(nn1-c1ccc(F)cc1)CSC2)c1cc(C2CC2)on1. The molecule has 6 nitrogen and oxygen atoms in total. The van der Waals surface area contributed by atoms with Crippen LogP contribution in [-0.4, -0.2) is 20.8 Å². The summed E-state index contributed by atoms with van der Waals surface area (Å²) >= 11 is 1.75. The summed E-state index contributed by atoms with van der Waals surface area (Å²) in [6, 6.07) is 7.74. The number of thioether (sulfide) groups is 1. The van der Waals surface area contributed by atoms with Crippen molar-refractivity contribution in [3.05, 3.63) is 58.9 Å². The van der Waals surface area contributed by atoms with E-state index in [4.69, 9.17) is 4.52 Å². The van der Waals surface area contributed by atoms with Crippen LogP contribution in [0.4, 0.5) is 10.2 Å². The van der Waals surface area contributed by atoms with Gasteiger partial charge in [-0.25, -0.2) is 9.07 Å². The van der Waals surface area contributed by atoms with Gasteiger partial charge in [0.2, 0.25) is 0 Å². The average molecular weight is 370 g/mol. The minimum absolute atomic E-state index is 0.262. The summed E-state index contributed by atoms with van der Waals surface area (Å²) < 4.78 is 20.2. The molecule has 1 aliphatic carbocycles. The van der Waals surface area contributed by atoms with Crippen LogP contribution in [0.25, 0.3) is 5.69 Å². The van der Waals surface area contributed by atoms with Gasteiger partial charge in [0.15, 0.2) is 5.69 Å². The molecule has 1 amide bonds. The molecule has 5 rings (SSSR count). The van der Waals surface area contributed by atoms with Gasteiger partial charge in [-0.05, 0) is 37.1 Å². The zero-order valence-electron chi connectivity index (χ0n) is 13.7. The van der Waals surface area contributed by atoms with Gasteiger partial charge in [0.1, 0.15) is 17.4 Å². The van der Waals surface area contributed by atoms with Gasteiger partial charge in [-0.15, -0.1) is 0 Å². The van der Waals surface area contributed by atoms with E-state index in [9.17, 15) is 9.18 Å². The molecule has 2 aliphatic rings. The number of hydrogen-bond acceptors (Lipinski definition) is 5. The van der Waals surface area contributed by atoms with E-state index < -0.39 is 0 Å². The molecule has 1 N–H and O–H groups in total. The van der Waals surface area contributed by atoms with Gasteiger partial charge in [-0.2, -0.15) is 16.9 Å². The minimum Gasteiger partial charge on any atom is -0.360 e. The molecule has 1 aromatic carbocycles. The Bertz CT molecular complexity index is 991. The number of rotatable bonds is 4. The van der Waals surface area contributed by atoms with Gasteiger partial charge >= 0.3 is 0 Å². The Balaban J connectivity index is 1.48. The van der Waals surface area contributed by atoms with Crippen LogP contribution < -0.4 is 5.32 Å². The number of nitrogens with zero attached hydrogens (tertiary/aromatic N) is 3. The van der Waals surface area contributed by atoms with Crippen molar-refractivity contribution in [1.29, 1.82) is 0 Å². The van der Waals surface area contributed by atoms with Crippen LogP contribution in [0.2, 0.25) is 0 Å². The number of aromatic nitrogens is 3. The van der Waals surface area contributed by atoms with Gasteiger partial charge in [0.25, 0.3) is 5.91 Å². The van der Waals surface area contributed by atoms with Crippen molar-refractivity contribution in [1.82, 2.24) is 14.9 Å². The Hall–Kier alpha value is -2.61. The fourth-order valence-corrected chi connectivity index (χ4v) is 4.07. The Kier molecular flexibility index (Phi) is 3.59. The van der Waals surface area contributed by atoms with Crippen molar-refractivity contribution in [2.75, 3.05) is 5.32 Å². The van der Waals surface area contributed by atoms with Crippen LogP contribution in [0.3, 0.4) is 0 Å². The standard InChI is InChI=1S/C18H15FN4O2S/c19-11-3-5-12(6-4-11)23-17(13-8-26-9-15(13)21-23)20-18(24)14-7-16(25-22-14)10-1-2-10/h3-7,10H,1-2,8-9H2,(H,20,24). The Morgan fingerprint density at radius 2 is 2.08 bits per heavy atom. The Morgan fingerprint density at radius 1 is 1.27 bits per heavy atom. The van der Waals surface area contributed by atoms with E-state index in [0.29, 0.717) is 17.4 Å². The summed E-state index contributed by atoms with van der Waals surface area (Å²) in [5.74, 6) is 2.70. The van der Waals surface area contributed by atoms with Gasteiger partial charge in [-0.3, -0.25) is 4.79 Å². The lowest BCUT2D eigenvalue weighted by Crippen LogP contribution is -2.16. The molecule has 0 bridgehead atoms. The molecule has 3 aromatic rings. The van der Waals surface area contributed by atoms with E-state index in [-0.39, 0.29) is 17.4 Å². The molecule has 1 aliphatic heterocycles. The summed E-state index contributed by atoms with van der Waals surface area (Å²) in [6.45, 7) is 0. The first-order valence-corrected chi connectivity index (χ1v) is 9.57. The summed E-state index contributed by atoms with van der Waals surface area (Å²) in [7, 11) is 0. The number of halogens is 1. The molecule has 0 spiro atoms. The third-order valence-corrected chi connectivity index (χ3v) is 5.57. The normalized spacial score (nSPS) is 15.9. The van der Waals surface area contributed by atoms with Crippen LogP contribution in [0.1, 0.15) is 46.3 Å². The lowest BCUT2D eigenvalue weighted by atomic mass is 10.2. The predicted molar refractivity (Wildman–Crippen MR) is 95.0 cm³/mol. The van der Waals surface area contributed by atoms with E-state index >= 15 is 0 Å². The number of anilines is 1. The highest BCUT2D eigenvalue weighted by atomic mass is 32.2. The molecule has 0 atom stereocenters. The molecule has 132 valence electrons. The molecule has 8 heteroatoms. The maximum Gasteiger partial charge on any atom is 0.279 e. The van der Waals surface area contributed by atoms with Gasteiger partial charge < -0.3 is 9.84 Å². The van der Waals surface area contributed by atoms with Crippen molar-refractivity contribution < 1.29 is 13.7 Å². The largest absolute Gasteiger partial charge is 0.360 e. The molecule has 0 saturated heterocycles. The number of nitrogens with one attached hydrogen (secondary N) is 1. The maximum atomic E-state index is 13.2. The average Bonchev–Trinajstić information content (AvgIpc) is 3.07. The van der Waals surface area contributed by atoms with Gasteiger partial charge in [-0.1, -0.05) is 5.16 Å². The molecule has 1 saturated carbocycles. The van der Waals surface area contributed by atoms with Crippen molar-refractivity contribution in [3.8, 4) is 5.69 Å². The fourth-order valence-electron chi connectivity index (χ4n) is 3.04. The van der Waals surface area contributed by atoms with Crippen LogP contribution in [0.5, 0.6) is 0 Å². The summed E-state index contributed by atoms with van der Waals surface area (Å²) in [6.07, 6.45) is 2.16. The highest BCUT2D eigenvalue weighted by molar-refractivity contribution is 7.98. The van der Waals surface area contributed by atoms with Gasteiger partial charge in [0, 0.05) is 29.1 Å². The van der Waals surface area contributed by atoms with Crippen LogP contribution in [-0.2, 0) is 11.5 Å². The number of benzene rings is 1. The van der Waals surface area contributed by atoms with Crippen molar-refractivity contribution in [2.45, 2.75) is 30.3 Å². The molecular weight excluding hydrogens is 355 g/mol. The molecule has 3 heterocycles. The van der Waals surface area contributed by atoms with Crippen molar-refractivity contribution >= 4 is 23.5 Å². The first kappa shape index (κ1) is 15.6. The van der Waals surface area contributed by atoms with E-state index in [1.165, 1.54) is 12.1 Å². The second-order valence-electron chi connectivity index (χ2n) is 6.50. The minimum atomic E-state index is -0.330. The number of fused-ring (bicyclic) bond motifs is 1. The third kappa shape index (κ3) is 2.70. The lowest BCUT2D eigenvalue weighted by Gasteiger charge is -2.10. The van der Waals surface area contributed by atoms with Crippen molar-refractivity contribution in [2.24, 2.45) is 0 Å². The number of hydrogen-bond donors (Lipinski definition) is 1. The molecule has 2 aromatic heterocycles. The topological polar surface area (TPSA) is 73.0 Å². The summed E-state index contributed by atoms with van der Waals surface area (Å²) in [5.41, 5.74) is 2.89. The molecule has 26 heavy (non-hydrogen) atoms. The maximum absolute atomic E-state index is 13.2. The quantitative estimate of drug-likeness (QED) is 0.755. The number of carbonyl (C=O) groups is 1. The van der Waals surface area contributed by atoms with Crippen LogP contribution >= 0.6 is 11.8 Å². The number of carbonyl (C=O) groups excluding carboxylic acids is 1. The number of amides is 1. The van der Waals surface area contributed by atoms with Gasteiger partial charge in [0.05, 0.1) is 11.4 Å². The zero-order valence-corrected chi connectivity index (χ0v) is 14.6. The molecule has 0 unspecified atom stereocenters. The van der Waals surface area contributed by atoms with Crippen LogP contribution in [0.15, 0.2) is 34.9 Å². The summed E-state index contributed by atoms with van der Waals surface area (Å²) in [4.78, 5) is 12.7. The van der Waals surface area contributed by atoms with E-state index in [0.717, 1.165) is 41.4 Å². The monoisotopic (exact) mass is 370 g/mol. The predicted octanol–water partition coefficient (Wildman–Crippen LogP) is 3.88. The smallest absolute Gasteiger partial charge is 0.279 e. The highest BCUT2D eigenvalue weighted by Crippen LogP contribution is 2.40. The Labute approximate surface area is 152 Å². The molecule has 0 radical (unpaired) electrons. The zero-order chi connectivity index (χ0) is 17.7.